The van der Waals surface area contributed by atoms with E-state index in [-0.39, 0.29) is 0 Å². The maximum absolute atomic E-state index is 4.98. The Hall–Kier alpha value is -2.32. The summed E-state index contributed by atoms with van der Waals surface area (Å²) in [5.41, 5.74) is 4.54. The largest absolute Gasteiger partial charge is 0.369 e. The first-order valence-electron chi connectivity index (χ1n) is 12.0. The third kappa shape index (κ3) is 5.44. The molecule has 2 aliphatic rings. The van der Waals surface area contributed by atoms with E-state index in [1.54, 1.807) is 11.3 Å². The Balaban J connectivity index is 1.19. The Morgan fingerprint density at radius 2 is 1.42 bits per heavy atom. The molecule has 0 spiro atoms. The third-order valence-electron chi connectivity index (χ3n) is 6.85. The second-order valence-corrected chi connectivity index (χ2v) is 9.88. The molecule has 1 aliphatic carbocycles. The van der Waals surface area contributed by atoms with E-state index in [0.29, 0.717) is 6.61 Å². The van der Waals surface area contributed by atoms with Gasteiger partial charge in [0.05, 0.1) is 7.11 Å². The van der Waals surface area contributed by atoms with Crippen LogP contribution < -0.4 is 4.90 Å². The number of hydrogen-bond acceptors (Lipinski definition) is 7. The highest BCUT2D eigenvalue weighted by molar-refractivity contribution is 7.17. The molecule has 0 unspecified atom stereocenters. The van der Waals surface area contributed by atoms with Crippen LogP contribution in [0.2, 0.25) is 0 Å². The summed E-state index contributed by atoms with van der Waals surface area (Å²) in [7, 11) is 1.52. The van der Waals surface area contributed by atoms with Gasteiger partial charge in [0.1, 0.15) is 16.6 Å². The average Bonchev–Trinajstić information content (AvgIpc) is 3.39. The first kappa shape index (κ1) is 22.5. The van der Waals surface area contributed by atoms with Crippen molar-refractivity contribution in [3.05, 3.63) is 54.1 Å². The molecule has 6 nitrogen and oxygen atoms in total. The lowest BCUT2D eigenvalue weighted by atomic mass is 9.94. The fraction of sp³-hybridized carbons (Fsp3) is 0.462. The van der Waals surface area contributed by atoms with Crippen LogP contribution in [-0.4, -0.2) is 54.4 Å². The van der Waals surface area contributed by atoms with Crippen LogP contribution in [0.15, 0.2) is 48.5 Å². The topological polar surface area (TPSA) is 50.7 Å². The number of piperazine rings is 1. The second kappa shape index (κ2) is 10.7. The van der Waals surface area contributed by atoms with E-state index in [2.05, 4.69) is 61.3 Å². The maximum atomic E-state index is 4.98. The highest BCUT2D eigenvalue weighted by atomic mass is 32.1. The van der Waals surface area contributed by atoms with Crippen LogP contribution in [0.1, 0.15) is 37.7 Å². The van der Waals surface area contributed by atoms with Gasteiger partial charge >= 0.3 is 0 Å². The molecular formula is C26H32N4O2S. The fourth-order valence-electron chi connectivity index (χ4n) is 4.93. The predicted octanol–water partition coefficient (Wildman–Crippen LogP) is 5.40. The molecule has 2 aromatic carbocycles. The van der Waals surface area contributed by atoms with Crippen LogP contribution in [0, 0.1) is 0 Å². The minimum atomic E-state index is 0.431. The van der Waals surface area contributed by atoms with Gasteiger partial charge in [0.15, 0.2) is 0 Å². The molecule has 1 aromatic heterocycles. The minimum Gasteiger partial charge on any atom is -0.369 e. The molecule has 33 heavy (non-hydrogen) atoms. The Morgan fingerprint density at radius 1 is 0.818 bits per heavy atom. The van der Waals surface area contributed by atoms with E-state index in [9.17, 15) is 0 Å². The molecule has 5 rings (SSSR count). The Kier molecular flexibility index (Phi) is 7.31. The van der Waals surface area contributed by atoms with E-state index in [1.807, 2.05) is 12.1 Å². The first-order chi connectivity index (χ1) is 16.3. The summed E-state index contributed by atoms with van der Waals surface area (Å²) < 4.78 is 0. The van der Waals surface area contributed by atoms with Crippen molar-refractivity contribution in [2.45, 2.75) is 44.8 Å². The summed E-state index contributed by atoms with van der Waals surface area (Å²) in [5.74, 6) is 0. The minimum absolute atomic E-state index is 0.431. The second-order valence-electron chi connectivity index (χ2n) is 8.90. The van der Waals surface area contributed by atoms with Crippen molar-refractivity contribution in [1.82, 2.24) is 15.1 Å². The zero-order valence-corrected chi connectivity index (χ0v) is 20.1. The average molecular weight is 465 g/mol. The van der Waals surface area contributed by atoms with Gasteiger partial charge in [0, 0.05) is 49.0 Å². The zero-order valence-electron chi connectivity index (χ0n) is 19.3. The highest BCUT2D eigenvalue weighted by Gasteiger charge is 2.25. The molecule has 2 fully saturated rings. The molecule has 0 amide bonds. The standard InChI is InChI=1S/C26H32N4O2S/c1-31-32-19-20-7-9-21(10-8-20)25-27-28-26(33-25)22-11-13-24(14-12-22)30-17-15-29(16-18-30)23-5-3-2-4-6-23/h7-14,23H,2-6,15-19H2,1H3. The van der Waals surface area contributed by atoms with Crippen molar-refractivity contribution in [2.75, 3.05) is 38.2 Å². The lowest BCUT2D eigenvalue weighted by Gasteiger charge is -2.41. The molecule has 2 heterocycles. The smallest absolute Gasteiger partial charge is 0.148 e. The van der Waals surface area contributed by atoms with Crippen LogP contribution in [0.5, 0.6) is 0 Å². The molecule has 0 atom stereocenters. The van der Waals surface area contributed by atoms with Crippen molar-refractivity contribution in [1.29, 1.82) is 0 Å². The van der Waals surface area contributed by atoms with E-state index in [0.717, 1.165) is 45.8 Å². The number of aromatic nitrogens is 2. The van der Waals surface area contributed by atoms with Crippen molar-refractivity contribution in [2.24, 2.45) is 0 Å². The van der Waals surface area contributed by atoms with Crippen LogP contribution in [0.25, 0.3) is 21.1 Å². The van der Waals surface area contributed by atoms with Gasteiger partial charge in [0.25, 0.3) is 0 Å². The van der Waals surface area contributed by atoms with E-state index < -0.39 is 0 Å². The van der Waals surface area contributed by atoms with Gasteiger partial charge in [-0.1, -0.05) is 54.9 Å². The number of rotatable bonds is 7. The lowest BCUT2D eigenvalue weighted by molar-refractivity contribution is -0.282. The molecule has 0 radical (unpaired) electrons. The van der Waals surface area contributed by atoms with Gasteiger partial charge < -0.3 is 4.90 Å². The summed E-state index contributed by atoms with van der Waals surface area (Å²) in [4.78, 5) is 14.9. The monoisotopic (exact) mass is 464 g/mol. The predicted molar refractivity (Wildman–Crippen MR) is 133 cm³/mol. The van der Waals surface area contributed by atoms with Gasteiger partial charge in [-0.2, -0.15) is 0 Å². The van der Waals surface area contributed by atoms with Crippen molar-refractivity contribution in [3.8, 4) is 21.1 Å². The quantitative estimate of drug-likeness (QED) is 0.344. The number of anilines is 1. The lowest BCUT2D eigenvalue weighted by Crippen LogP contribution is -2.50. The fourth-order valence-corrected chi connectivity index (χ4v) is 5.79. The van der Waals surface area contributed by atoms with Crippen LogP contribution in [0.3, 0.4) is 0 Å². The van der Waals surface area contributed by atoms with Gasteiger partial charge in [-0.05, 0) is 42.7 Å². The van der Waals surface area contributed by atoms with Crippen molar-refractivity contribution >= 4 is 17.0 Å². The normalized spacial score (nSPS) is 18.0. The Morgan fingerprint density at radius 3 is 2.03 bits per heavy atom. The summed E-state index contributed by atoms with van der Waals surface area (Å²) in [6.07, 6.45) is 7.04. The molecular weight excluding hydrogens is 432 g/mol. The number of nitrogens with zero attached hydrogens (tertiary/aromatic N) is 4. The number of hydrogen-bond donors (Lipinski definition) is 0. The van der Waals surface area contributed by atoms with Gasteiger partial charge in [-0.3, -0.25) is 4.90 Å². The highest BCUT2D eigenvalue weighted by Crippen LogP contribution is 2.32. The molecule has 3 aromatic rings. The van der Waals surface area contributed by atoms with Crippen molar-refractivity contribution < 1.29 is 9.78 Å². The summed E-state index contributed by atoms with van der Waals surface area (Å²) >= 11 is 1.62. The van der Waals surface area contributed by atoms with Gasteiger partial charge in [-0.15, -0.1) is 10.2 Å². The molecule has 7 heteroatoms. The maximum Gasteiger partial charge on any atom is 0.148 e. The molecule has 1 aliphatic heterocycles. The summed E-state index contributed by atoms with van der Waals surface area (Å²) in [6, 6.07) is 17.8. The van der Waals surface area contributed by atoms with Crippen LogP contribution in [0.4, 0.5) is 5.69 Å². The summed E-state index contributed by atoms with van der Waals surface area (Å²) in [6.45, 7) is 5.03. The Labute approximate surface area is 200 Å². The molecule has 0 N–H and O–H groups in total. The van der Waals surface area contributed by atoms with E-state index >= 15 is 0 Å². The van der Waals surface area contributed by atoms with E-state index in [1.165, 1.54) is 58.0 Å². The van der Waals surface area contributed by atoms with Crippen LogP contribution >= 0.6 is 11.3 Å². The van der Waals surface area contributed by atoms with E-state index in [4.69, 9.17) is 4.89 Å². The van der Waals surface area contributed by atoms with Crippen LogP contribution in [-0.2, 0) is 16.4 Å². The molecule has 1 saturated heterocycles. The van der Waals surface area contributed by atoms with Gasteiger partial charge in [-0.25, -0.2) is 9.78 Å². The summed E-state index contributed by atoms with van der Waals surface area (Å²) in [5, 5.41) is 10.7. The molecule has 0 bridgehead atoms. The van der Waals surface area contributed by atoms with Gasteiger partial charge in [0.2, 0.25) is 0 Å². The molecule has 174 valence electrons. The first-order valence-corrected chi connectivity index (χ1v) is 12.8. The third-order valence-corrected chi connectivity index (χ3v) is 7.88. The number of benzene rings is 2. The Bertz CT molecular complexity index is 1010. The molecule has 1 saturated carbocycles. The SMILES string of the molecule is COOCc1ccc(-c2nnc(-c3ccc(N4CCN(C5CCCCC5)CC4)cc3)s2)cc1. The van der Waals surface area contributed by atoms with Crippen molar-refractivity contribution in [3.63, 3.8) is 0 Å². The zero-order chi connectivity index (χ0) is 22.5.